The summed E-state index contributed by atoms with van der Waals surface area (Å²) in [5.41, 5.74) is 5.47. The van der Waals surface area contributed by atoms with E-state index in [1.54, 1.807) is 7.11 Å². The SMILES string of the molecule is COC(CN)CCN(C)CCS(C)(=O)=O. The highest BCUT2D eigenvalue weighted by molar-refractivity contribution is 7.90. The van der Waals surface area contributed by atoms with Crippen LogP contribution in [0.5, 0.6) is 0 Å². The van der Waals surface area contributed by atoms with Gasteiger partial charge in [-0.15, -0.1) is 0 Å². The minimum absolute atomic E-state index is 0.0608. The molecule has 15 heavy (non-hydrogen) atoms. The number of methoxy groups -OCH3 is 1. The van der Waals surface area contributed by atoms with E-state index in [-0.39, 0.29) is 11.9 Å². The molecule has 0 amide bonds. The van der Waals surface area contributed by atoms with E-state index in [1.807, 2.05) is 11.9 Å². The van der Waals surface area contributed by atoms with E-state index < -0.39 is 9.84 Å². The third kappa shape index (κ3) is 8.80. The fourth-order valence-corrected chi connectivity index (χ4v) is 1.77. The van der Waals surface area contributed by atoms with E-state index in [9.17, 15) is 8.42 Å². The van der Waals surface area contributed by atoms with Crippen LogP contribution in [0.3, 0.4) is 0 Å². The number of nitrogens with two attached hydrogens (primary N) is 1. The van der Waals surface area contributed by atoms with E-state index in [4.69, 9.17) is 10.5 Å². The second-order valence-electron chi connectivity index (χ2n) is 3.82. The van der Waals surface area contributed by atoms with Gasteiger partial charge in [-0.3, -0.25) is 0 Å². The molecule has 0 aromatic rings. The molecule has 0 aliphatic heterocycles. The summed E-state index contributed by atoms with van der Waals surface area (Å²) in [5.74, 6) is 0.198. The van der Waals surface area contributed by atoms with Gasteiger partial charge < -0.3 is 15.4 Å². The van der Waals surface area contributed by atoms with Crippen LogP contribution in [0.15, 0.2) is 0 Å². The Morgan fingerprint density at radius 3 is 2.40 bits per heavy atom. The van der Waals surface area contributed by atoms with Crippen LogP contribution in [-0.2, 0) is 14.6 Å². The molecule has 0 spiro atoms. The first-order valence-corrected chi connectivity index (χ1v) is 7.04. The Bertz CT molecular complexity index is 250. The van der Waals surface area contributed by atoms with Gasteiger partial charge in [0.15, 0.2) is 0 Å². The molecule has 0 saturated carbocycles. The first-order valence-electron chi connectivity index (χ1n) is 4.98. The van der Waals surface area contributed by atoms with Gasteiger partial charge in [0.25, 0.3) is 0 Å². The summed E-state index contributed by atoms with van der Waals surface area (Å²) in [6, 6.07) is 0. The maximum absolute atomic E-state index is 10.9. The minimum Gasteiger partial charge on any atom is -0.380 e. The molecule has 1 unspecified atom stereocenters. The molecule has 0 aromatic heterocycles. The van der Waals surface area contributed by atoms with Crippen molar-refractivity contribution < 1.29 is 13.2 Å². The van der Waals surface area contributed by atoms with Gasteiger partial charge in [-0.1, -0.05) is 0 Å². The Hall–Kier alpha value is -0.170. The van der Waals surface area contributed by atoms with Gasteiger partial charge in [0.1, 0.15) is 9.84 Å². The molecule has 0 aliphatic rings. The highest BCUT2D eigenvalue weighted by atomic mass is 32.2. The highest BCUT2D eigenvalue weighted by Gasteiger charge is 2.08. The van der Waals surface area contributed by atoms with Gasteiger partial charge in [0, 0.05) is 33.0 Å². The van der Waals surface area contributed by atoms with E-state index in [1.165, 1.54) is 6.26 Å². The van der Waals surface area contributed by atoms with Crippen molar-refractivity contribution in [2.75, 3.05) is 45.8 Å². The quantitative estimate of drug-likeness (QED) is 0.607. The average Bonchev–Trinajstić information content (AvgIpc) is 2.15. The summed E-state index contributed by atoms with van der Waals surface area (Å²) < 4.78 is 27.0. The molecule has 0 heterocycles. The topological polar surface area (TPSA) is 72.6 Å². The second-order valence-corrected chi connectivity index (χ2v) is 6.07. The number of ether oxygens (including phenoxy) is 1. The van der Waals surface area contributed by atoms with Crippen LogP contribution >= 0.6 is 0 Å². The van der Waals surface area contributed by atoms with Gasteiger partial charge >= 0.3 is 0 Å². The Labute approximate surface area is 92.5 Å². The molecular weight excluding hydrogens is 216 g/mol. The molecule has 0 aromatic carbocycles. The molecule has 0 saturated heterocycles. The number of hydrogen-bond donors (Lipinski definition) is 1. The molecule has 92 valence electrons. The van der Waals surface area contributed by atoms with Crippen molar-refractivity contribution in [3.05, 3.63) is 0 Å². The van der Waals surface area contributed by atoms with Crippen molar-refractivity contribution in [1.82, 2.24) is 4.90 Å². The Kier molecular flexibility index (Phi) is 7.08. The zero-order valence-electron chi connectivity index (χ0n) is 9.77. The largest absolute Gasteiger partial charge is 0.380 e. The lowest BCUT2D eigenvalue weighted by Crippen LogP contribution is -2.31. The smallest absolute Gasteiger partial charge is 0.148 e. The van der Waals surface area contributed by atoms with Crippen molar-refractivity contribution in [3.63, 3.8) is 0 Å². The number of sulfone groups is 1. The normalized spacial score (nSPS) is 14.5. The van der Waals surface area contributed by atoms with Gasteiger partial charge in [-0.05, 0) is 13.5 Å². The predicted molar refractivity (Wildman–Crippen MR) is 61.7 cm³/mol. The molecule has 0 rings (SSSR count). The fraction of sp³-hybridized carbons (Fsp3) is 1.00. The van der Waals surface area contributed by atoms with E-state index >= 15 is 0 Å². The average molecular weight is 238 g/mol. The lowest BCUT2D eigenvalue weighted by Gasteiger charge is -2.19. The van der Waals surface area contributed by atoms with Gasteiger partial charge in [0.2, 0.25) is 0 Å². The van der Waals surface area contributed by atoms with Gasteiger partial charge in [-0.2, -0.15) is 0 Å². The predicted octanol–water partition coefficient (Wildman–Crippen LogP) is -0.673. The van der Waals surface area contributed by atoms with Crippen LogP contribution in [0.4, 0.5) is 0 Å². The fourth-order valence-electron chi connectivity index (χ4n) is 1.13. The van der Waals surface area contributed by atoms with Crippen LogP contribution in [0.2, 0.25) is 0 Å². The molecule has 6 heteroatoms. The molecule has 0 aliphatic carbocycles. The monoisotopic (exact) mass is 238 g/mol. The zero-order valence-corrected chi connectivity index (χ0v) is 10.6. The maximum atomic E-state index is 10.9. The Balaban J connectivity index is 3.70. The number of hydrogen-bond acceptors (Lipinski definition) is 5. The summed E-state index contributed by atoms with van der Waals surface area (Å²) in [6.45, 7) is 1.85. The molecule has 2 N–H and O–H groups in total. The van der Waals surface area contributed by atoms with Crippen molar-refractivity contribution in [2.45, 2.75) is 12.5 Å². The summed E-state index contributed by atoms with van der Waals surface area (Å²) in [5, 5.41) is 0. The standard InChI is InChI=1S/C9H22N2O3S/c1-11(6-7-15(3,12)13)5-4-9(8-10)14-2/h9H,4-8,10H2,1-3H3. The van der Waals surface area contributed by atoms with Crippen LogP contribution in [0, 0.1) is 0 Å². The summed E-state index contributed by atoms with van der Waals surface area (Å²) in [7, 11) is 0.664. The summed E-state index contributed by atoms with van der Waals surface area (Å²) >= 11 is 0. The molecule has 1 atom stereocenters. The number of nitrogens with zero attached hydrogens (tertiary/aromatic N) is 1. The molecular formula is C9H22N2O3S. The number of rotatable bonds is 8. The van der Waals surface area contributed by atoms with E-state index in [2.05, 4.69) is 0 Å². The van der Waals surface area contributed by atoms with Crippen molar-refractivity contribution in [2.24, 2.45) is 5.73 Å². The summed E-state index contributed by atoms with van der Waals surface area (Å²) in [4.78, 5) is 1.97. The first-order chi connectivity index (χ1) is 6.89. The molecule has 5 nitrogen and oxygen atoms in total. The van der Waals surface area contributed by atoms with E-state index in [0.29, 0.717) is 13.1 Å². The zero-order chi connectivity index (χ0) is 11.9. The molecule has 0 radical (unpaired) electrons. The molecule has 0 fully saturated rings. The first kappa shape index (κ1) is 14.8. The summed E-state index contributed by atoms with van der Waals surface area (Å²) in [6.07, 6.45) is 2.14. The third-order valence-corrected chi connectivity index (χ3v) is 3.20. The van der Waals surface area contributed by atoms with Crippen molar-refractivity contribution >= 4 is 9.84 Å². The van der Waals surface area contributed by atoms with Gasteiger partial charge in [0.05, 0.1) is 11.9 Å². The molecule has 0 bridgehead atoms. The third-order valence-electron chi connectivity index (χ3n) is 2.27. The van der Waals surface area contributed by atoms with Crippen molar-refractivity contribution in [3.8, 4) is 0 Å². The van der Waals surface area contributed by atoms with Crippen LogP contribution in [0.25, 0.3) is 0 Å². The Morgan fingerprint density at radius 2 is 2.00 bits per heavy atom. The van der Waals surface area contributed by atoms with Crippen LogP contribution < -0.4 is 5.73 Å². The van der Waals surface area contributed by atoms with E-state index in [0.717, 1.165) is 13.0 Å². The lowest BCUT2D eigenvalue weighted by atomic mass is 10.2. The van der Waals surface area contributed by atoms with Crippen LogP contribution in [0.1, 0.15) is 6.42 Å². The van der Waals surface area contributed by atoms with Crippen LogP contribution in [-0.4, -0.2) is 65.2 Å². The Morgan fingerprint density at radius 1 is 1.40 bits per heavy atom. The highest BCUT2D eigenvalue weighted by Crippen LogP contribution is 1.97. The maximum Gasteiger partial charge on any atom is 0.148 e. The van der Waals surface area contributed by atoms with Crippen molar-refractivity contribution in [1.29, 1.82) is 0 Å². The minimum atomic E-state index is -2.87. The second kappa shape index (κ2) is 7.16. The lowest BCUT2D eigenvalue weighted by molar-refractivity contribution is 0.0933. The van der Waals surface area contributed by atoms with Gasteiger partial charge in [-0.25, -0.2) is 8.42 Å².